The molecule has 2 aromatic rings. The molecule has 0 aliphatic heterocycles. The van der Waals surface area contributed by atoms with Crippen molar-refractivity contribution in [2.24, 2.45) is 0 Å². The second-order valence-electron chi connectivity index (χ2n) is 3.19. The molecule has 0 radical (unpaired) electrons. The van der Waals surface area contributed by atoms with E-state index in [1.54, 1.807) is 6.07 Å². The van der Waals surface area contributed by atoms with Crippen LogP contribution in [0, 0.1) is 5.82 Å². The monoisotopic (exact) mass is 285 g/mol. The van der Waals surface area contributed by atoms with Gasteiger partial charge in [-0.15, -0.1) is 0 Å². The molecule has 0 atom stereocenters. The van der Waals surface area contributed by atoms with Crippen molar-refractivity contribution in [3.63, 3.8) is 0 Å². The van der Waals surface area contributed by atoms with E-state index < -0.39 is 0 Å². The SMILES string of the molecule is Fc1ccc(Br)c(CNCc2ncon2)c1. The first kappa shape index (κ1) is 11.2. The maximum atomic E-state index is 13.0. The molecule has 1 heterocycles. The van der Waals surface area contributed by atoms with Crippen molar-refractivity contribution in [1.29, 1.82) is 0 Å². The number of benzene rings is 1. The van der Waals surface area contributed by atoms with Gasteiger partial charge in [-0.05, 0) is 23.8 Å². The molecule has 1 aromatic carbocycles. The van der Waals surface area contributed by atoms with Gasteiger partial charge in [-0.2, -0.15) is 4.98 Å². The molecular formula is C10H9BrFN3O. The summed E-state index contributed by atoms with van der Waals surface area (Å²) < 4.78 is 18.4. The Kier molecular flexibility index (Phi) is 3.63. The predicted octanol–water partition coefficient (Wildman–Crippen LogP) is 2.26. The first-order chi connectivity index (χ1) is 7.75. The van der Waals surface area contributed by atoms with Crippen LogP contribution in [0.5, 0.6) is 0 Å². The topological polar surface area (TPSA) is 51.0 Å². The largest absolute Gasteiger partial charge is 0.343 e. The van der Waals surface area contributed by atoms with Gasteiger partial charge < -0.3 is 9.84 Å². The van der Waals surface area contributed by atoms with E-state index in [1.807, 2.05) is 0 Å². The molecule has 0 bridgehead atoms. The molecule has 0 aliphatic rings. The number of hydrogen-bond acceptors (Lipinski definition) is 4. The average Bonchev–Trinajstić information content (AvgIpc) is 2.76. The van der Waals surface area contributed by atoms with Crippen LogP contribution < -0.4 is 5.32 Å². The Bertz CT molecular complexity index is 461. The van der Waals surface area contributed by atoms with Crippen LogP contribution in [0.3, 0.4) is 0 Å². The quantitative estimate of drug-likeness (QED) is 0.936. The van der Waals surface area contributed by atoms with Gasteiger partial charge in [-0.25, -0.2) is 4.39 Å². The Balaban J connectivity index is 1.92. The van der Waals surface area contributed by atoms with Crippen LogP contribution in [0.15, 0.2) is 33.6 Å². The highest BCUT2D eigenvalue weighted by atomic mass is 79.9. The fraction of sp³-hybridized carbons (Fsp3) is 0.200. The molecule has 4 nitrogen and oxygen atoms in total. The standard InChI is InChI=1S/C10H9BrFN3O/c11-9-2-1-8(12)3-7(9)4-13-5-10-14-6-16-15-10/h1-3,6,13H,4-5H2. The van der Waals surface area contributed by atoms with E-state index in [4.69, 9.17) is 0 Å². The van der Waals surface area contributed by atoms with Crippen molar-refractivity contribution >= 4 is 15.9 Å². The second-order valence-corrected chi connectivity index (χ2v) is 4.04. The first-order valence-electron chi connectivity index (χ1n) is 4.65. The molecule has 1 N–H and O–H groups in total. The maximum Gasteiger partial charge on any atom is 0.213 e. The van der Waals surface area contributed by atoms with Crippen LogP contribution in [-0.2, 0) is 13.1 Å². The number of nitrogens with one attached hydrogen (secondary N) is 1. The summed E-state index contributed by atoms with van der Waals surface area (Å²) in [6, 6.07) is 4.57. The maximum absolute atomic E-state index is 13.0. The van der Waals surface area contributed by atoms with Crippen LogP contribution in [0.4, 0.5) is 4.39 Å². The Hall–Kier alpha value is -1.27. The van der Waals surface area contributed by atoms with Gasteiger partial charge in [-0.3, -0.25) is 0 Å². The minimum atomic E-state index is -0.250. The molecule has 6 heteroatoms. The van der Waals surface area contributed by atoms with Crippen molar-refractivity contribution in [3.8, 4) is 0 Å². The summed E-state index contributed by atoms with van der Waals surface area (Å²) in [5.41, 5.74) is 0.850. The normalized spacial score (nSPS) is 10.6. The van der Waals surface area contributed by atoms with Crippen LogP contribution in [0.2, 0.25) is 0 Å². The highest BCUT2D eigenvalue weighted by Crippen LogP contribution is 2.17. The van der Waals surface area contributed by atoms with Gasteiger partial charge in [0, 0.05) is 11.0 Å². The molecule has 0 spiro atoms. The van der Waals surface area contributed by atoms with Gasteiger partial charge in [0.1, 0.15) is 5.82 Å². The Labute approximate surface area is 100.0 Å². The summed E-state index contributed by atoms with van der Waals surface area (Å²) in [5.74, 6) is 0.326. The van der Waals surface area contributed by atoms with Gasteiger partial charge in [-0.1, -0.05) is 21.1 Å². The summed E-state index contributed by atoms with van der Waals surface area (Å²) in [6.07, 6.45) is 1.27. The van der Waals surface area contributed by atoms with Crippen molar-refractivity contribution in [2.45, 2.75) is 13.1 Å². The summed E-state index contributed by atoms with van der Waals surface area (Å²) in [7, 11) is 0. The molecular weight excluding hydrogens is 277 g/mol. The third kappa shape index (κ3) is 2.86. The van der Waals surface area contributed by atoms with E-state index in [1.165, 1.54) is 18.5 Å². The zero-order valence-electron chi connectivity index (χ0n) is 8.28. The van der Waals surface area contributed by atoms with E-state index in [9.17, 15) is 4.39 Å². The molecule has 1 aromatic heterocycles. The van der Waals surface area contributed by atoms with E-state index in [0.29, 0.717) is 18.9 Å². The summed E-state index contributed by atoms with van der Waals surface area (Å²) in [5, 5.41) is 6.74. The fourth-order valence-corrected chi connectivity index (χ4v) is 1.64. The van der Waals surface area contributed by atoms with E-state index in [2.05, 4.69) is 35.9 Å². The van der Waals surface area contributed by atoms with Gasteiger partial charge in [0.2, 0.25) is 6.39 Å². The molecule has 0 aliphatic carbocycles. The van der Waals surface area contributed by atoms with Crippen molar-refractivity contribution in [3.05, 3.63) is 46.3 Å². The Morgan fingerprint density at radius 2 is 2.25 bits per heavy atom. The average molecular weight is 286 g/mol. The third-order valence-electron chi connectivity index (χ3n) is 2.01. The van der Waals surface area contributed by atoms with E-state index in [-0.39, 0.29) is 5.82 Å². The number of halogens is 2. The zero-order valence-corrected chi connectivity index (χ0v) is 9.87. The predicted molar refractivity (Wildman–Crippen MR) is 58.9 cm³/mol. The lowest BCUT2D eigenvalue weighted by Gasteiger charge is -2.05. The summed E-state index contributed by atoms with van der Waals surface area (Å²) in [6.45, 7) is 1.02. The number of aromatic nitrogens is 2. The number of nitrogens with zero attached hydrogens (tertiary/aromatic N) is 2. The van der Waals surface area contributed by atoms with Crippen LogP contribution in [-0.4, -0.2) is 10.1 Å². The fourth-order valence-electron chi connectivity index (χ4n) is 1.26. The second kappa shape index (κ2) is 5.18. The highest BCUT2D eigenvalue weighted by Gasteiger charge is 2.02. The summed E-state index contributed by atoms with van der Waals surface area (Å²) in [4.78, 5) is 3.86. The van der Waals surface area contributed by atoms with Gasteiger partial charge >= 0.3 is 0 Å². The molecule has 2 rings (SSSR count). The first-order valence-corrected chi connectivity index (χ1v) is 5.45. The minimum absolute atomic E-state index is 0.250. The van der Waals surface area contributed by atoms with Crippen LogP contribution >= 0.6 is 15.9 Å². The Morgan fingerprint density at radius 3 is 3.00 bits per heavy atom. The molecule has 16 heavy (non-hydrogen) atoms. The smallest absolute Gasteiger partial charge is 0.213 e. The van der Waals surface area contributed by atoms with Crippen LogP contribution in [0.1, 0.15) is 11.4 Å². The van der Waals surface area contributed by atoms with Gasteiger partial charge in [0.25, 0.3) is 0 Å². The minimum Gasteiger partial charge on any atom is -0.343 e. The lowest BCUT2D eigenvalue weighted by atomic mass is 10.2. The molecule has 0 saturated heterocycles. The van der Waals surface area contributed by atoms with E-state index >= 15 is 0 Å². The van der Waals surface area contributed by atoms with E-state index in [0.717, 1.165) is 10.0 Å². The lowest BCUT2D eigenvalue weighted by molar-refractivity contribution is 0.407. The summed E-state index contributed by atoms with van der Waals surface area (Å²) >= 11 is 3.35. The lowest BCUT2D eigenvalue weighted by Crippen LogP contribution is -2.14. The highest BCUT2D eigenvalue weighted by molar-refractivity contribution is 9.10. The van der Waals surface area contributed by atoms with Crippen molar-refractivity contribution in [2.75, 3.05) is 0 Å². The third-order valence-corrected chi connectivity index (χ3v) is 2.79. The number of rotatable bonds is 4. The molecule has 0 saturated carbocycles. The molecule has 84 valence electrons. The van der Waals surface area contributed by atoms with Crippen molar-refractivity contribution < 1.29 is 8.91 Å². The Morgan fingerprint density at radius 1 is 1.38 bits per heavy atom. The van der Waals surface area contributed by atoms with Gasteiger partial charge in [0.15, 0.2) is 5.82 Å². The number of hydrogen-bond donors (Lipinski definition) is 1. The van der Waals surface area contributed by atoms with Crippen molar-refractivity contribution in [1.82, 2.24) is 15.5 Å². The molecule has 0 amide bonds. The van der Waals surface area contributed by atoms with Crippen LogP contribution in [0.25, 0.3) is 0 Å². The molecule has 0 unspecified atom stereocenters. The molecule has 0 fully saturated rings. The van der Waals surface area contributed by atoms with Gasteiger partial charge in [0.05, 0.1) is 6.54 Å². The zero-order chi connectivity index (χ0) is 11.4.